The normalized spacial score (nSPS) is 14.6. The molecule has 1 aliphatic rings. The summed E-state index contributed by atoms with van der Waals surface area (Å²) in [7, 11) is 0. The standard InChI is InChI=1S/C24H26N4O3/c1-3-27-9-11-28(12-10-27)22-15-20(24(30)31)19-14-18(7-8-21(19)26-22)25-23(29)17-6-4-5-16(2)13-17/h4-8,13-15H,3,9-12H2,1-2H3,(H,25,29)(H,30,31). The van der Waals surface area contributed by atoms with Crippen LogP contribution in [0.5, 0.6) is 0 Å². The number of carbonyl (C=O) groups excluding carboxylic acids is 1. The van der Waals surface area contributed by atoms with Crippen LogP contribution in [0.25, 0.3) is 10.9 Å². The molecule has 1 aliphatic heterocycles. The predicted octanol–water partition coefficient (Wildman–Crippen LogP) is 3.64. The van der Waals surface area contributed by atoms with Gasteiger partial charge < -0.3 is 20.2 Å². The van der Waals surface area contributed by atoms with Gasteiger partial charge in [-0.2, -0.15) is 0 Å². The van der Waals surface area contributed by atoms with Crippen LogP contribution in [0, 0.1) is 6.92 Å². The molecule has 0 aliphatic carbocycles. The zero-order chi connectivity index (χ0) is 22.0. The Bertz CT molecular complexity index is 1140. The zero-order valence-electron chi connectivity index (χ0n) is 17.8. The molecular weight excluding hydrogens is 392 g/mol. The minimum absolute atomic E-state index is 0.185. The van der Waals surface area contributed by atoms with Gasteiger partial charge in [0.05, 0.1) is 11.1 Å². The smallest absolute Gasteiger partial charge is 0.336 e. The first-order chi connectivity index (χ1) is 14.9. The highest BCUT2D eigenvalue weighted by molar-refractivity contribution is 6.08. The molecule has 0 atom stereocenters. The number of aryl methyl sites for hydroxylation is 1. The van der Waals surface area contributed by atoms with E-state index in [1.54, 1.807) is 30.3 Å². The number of carboxylic acid groups (broad SMARTS) is 1. The Labute approximate surface area is 181 Å². The van der Waals surface area contributed by atoms with Crippen molar-refractivity contribution in [3.05, 3.63) is 65.2 Å². The number of carboxylic acids is 1. The number of aromatic carboxylic acids is 1. The Hall–Kier alpha value is -3.45. The van der Waals surface area contributed by atoms with Crippen LogP contribution in [0.4, 0.5) is 11.5 Å². The first-order valence-electron chi connectivity index (χ1n) is 10.5. The quantitative estimate of drug-likeness (QED) is 0.658. The monoisotopic (exact) mass is 418 g/mol. The maximum absolute atomic E-state index is 12.6. The van der Waals surface area contributed by atoms with Crippen molar-refractivity contribution in [2.45, 2.75) is 13.8 Å². The van der Waals surface area contributed by atoms with Crippen LogP contribution in [0.3, 0.4) is 0 Å². The first-order valence-corrected chi connectivity index (χ1v) is 10.5. The van der Waals surface area contributed by atoms with Crippen molar-refractivity contribution in [1.82, 2.24) is 9.88 Å². The van der Waals surface area contributed by atoms with E-state index in [1.165, 1.54) is 0 Å². The summed E-state index contributed by atoms with van der Waals surface area (Å²) >= 11 is 0. The number of likely N-dealkylation sites (N-methyl/N-ethyl adjacent to an activating group) is 1. The molecule has 1 saturated heterocycles. The molecule has 1 fully saturated rings. The highest BCUT2D eigenvalue weighted by atomic mass is 16.4. The summed E-state index contributed by atoms with van der Waals surface area (Å²) in [6.07, 6.45) is 0. The van der Waals surface area contributed by atoms with Gasteiger partial charge in [-0.15, -0.1) is 0 Å². The van der Waals surface area contributed by atoms with Crippen LogP contribution in [0.2, 0.25) is 0 Å². The lowest BCUT2D eigenvalue weighted by Crippen LogP contribution is -2.46. The van der Waals surface area contributed by atoms with Gasteiger partial charge >= 0.3 is 5.97 Å². The SMILES string of the molecule is CCN1CCN(c2cc(C(=O)O)c3cc(NC(=O)c4cccc(C)c4)ccc3n2)CC1. The van der Waals surface area contributed by atoms with Crippen LogP contribution in [0.15, 0.2) is 48.5 Å². The third-order valence-corrected chi connectivity index (χ3v) is 5.71. The van der Waals surface area contributed by atoms with E-state index in [4.69, 9.17) is 4.98 Å². The topological polar surface area (TPSA) is 85.8 Å². The molecule has 3 aromatic rings. The maximum atomic E-state index is 12.6. The number of benzene rings is 2. The van der Waals surface area contributed by atoms with E-state index >= 15 is 0 Å². The third-order valence-electron chi connectivity index (χ3n) is 5.71. The van der Waals surface area contributed by atoms with Crippen molar-refractivity contribution >= 4 is 34.3 Å². The molecule has 7 nitrogen and oxygen atoms in total. The molecule has 0 unspecified atom stereocenters. The summed E-state index contributed by atoms with van der Waals surface area (Å²) < 4.78 is 0. The molecule has 1 aromatic heterocycles. The number of piperazine rings is 1. The fourth-order valence-electron chi connectivity index (χ4n) is 3.91. The van der Waals surface area contributed by atoms with Gasteiger partial charge in [0.1, 0.15) is 5.82 Å². The van der Waals surface area contributed by atoms with Crippen LogP contribution < -0.4 is 10.2 Å². The van der Waals surface area contributed by atoms with Gasteiger partial charge in [0.15, 0.2) is 0 Å². The zero-order valence-corrected chi connectivity index (χ0v) is 17.8. The lowest BCUT2D eigenvalue weighted by atomic mass is 10.1. The summed E-state index contributed by atoms with van der Waals surface area (Å²) in [6, 6.07) is 14.2. The third kappa shape index (κ3) is 4.51. The molecule has 0 saturated carbocycles. The lowest BCUT2D eigenvalue weighted by molar-refractivity contribution is 0.0698. The number of anilines is 2. The van der Waals surface area contributed by atoms with E-state index in [-0.39, 0.29) is 11.5 Å². The molecule has 7 heteroatoms. The van der Waals surface area contributed by atoms with Crippen LogP contribution in [-0.4, -0.2) is 59.6 Å². The summed E-state index contributed by atoms with van der Waals surface area (Å²) in [5.74, 6) is -0.571. The van der Waals surface area contributed by atoms with E-state index in [2.05, 4.69) is 22.0 Å². The molecule has 1 amide bonds. The van der Waals surface area contributed by atoms with E-state index < -0.39 is 5.97 Å². The van der Waals surface area contributed by atoms with Gasteiger partial charge in [0.2, 0.25) is 0 Å². The van der Waals surface area contributed by atoms with Crippen molar-refractivity contribution in [2.24, 2.45) is 0 Å². The van der Waals surface area contributed by atoms with E-state index in [9.17, 15) is 14.7 Å². The highest BCUT2D eigenvalue weighted by Gasteiger charge is 2.20. The number of nitrogens with one attached hydrogen (secondary N) is 1. The maximum Gasteiger partial charge on any atom is 0.336 e. The molecule has 2 aromatic carbocycles. The molecular formula is C24H26N4O3. The second-order valence-electron chi connectivity index (χ2n) is 7.81. The Morgan fingerprint density at radius 2 is 1.84 bits per heavy atom. The summed E-state index contributed by atoms with van der Waals surface area (Å²) in [5.41, 5.74) is 2.87. The fourth-order valence-corrected chi connectivity index (χ4v) is 3.91. The molecule has 2 N–H and O–H groups in total. The van der Waals surface area contributed by atoms with Crippen LogP contribution in [0.1, 0.15) is 33.2 Å². The van der Waals surface area contributed by atoms with Gasteiger partial charge in [-0.05, 0) is 49.9 Å². The second kappa shape index (κ2) is 8.73. The van der Waals surface area contributed by atoms with E-state index in [0.29, 0.717) is 28.0 Å². The number of hydrogen-bond acceptors (Lipinski definition) is 5. The van der Waals surface area contributed by atoms with Gasteiger partial charge in [-0.25, -0.2) is 9.78 Å². The number of rotatable bonds is 5. The van der Waals surface area contributed by atoms with E-state index in [0.717, 1.165) is 38.3 Å². The largest absolute Gasteiger partial charge is 0.478 e. The number of nitrogens with zero attached hydrogens (tertiary/aromatic N) is 3. The minimum atomic E-state index is -1.01. The Kier molecular flexibility index (Phi) is 5.86. The van der Waals surface area contributed by atoms with Crippen LogP contribution >= 0.6 is 0 Å². The molecule has 160 valence electrons. The van der Waals surface area contributed by atoms with Crippen molar-refractivity contribution in [3.8, 4) is 0 Å². The fraction of sp³-hybridized carbons (Fsp3) is 0.292. The molecule has 4 rings (SSSR count). The molecule has 0 bridgehead atoms. The molecule has 2 heterocycles. The molecule has 31 heavy (non-hydrogen) atoms. The highest BCUT2D eigenvalue weighted by Crippen LogP contribution is 2.27. The van der Waals surface area contributed by atoms with Gasteiger partial charge in [-0.3, -0.25) is 4.79 Å². The van der Waals surface area contributed by atoms with Crippen molar-refractivity contribution in [3.63, 3.8) is 0 Å². The van der Waals surface area contributed by atoms with Crippen molar-refractivity contribution in [1.29, 1.82) is 0 Å². The molecule has 0 spiro atoms. The summed E-state index contributed by atoms with van der Waals surface area (Å²) in [4.78, 5) is 33.8. The van der Waals surface area contributed by atoms with E-state index in [1.807, 2.05) is 25.1 Å². The number of amides is 1. The number of carbonyl (C=O) groups is 2. The number of aromatic nitrogens is 1. The average molecular weight is 418 g/mol. The summed E-state index contributed by atoms with van der Waals surface area (Å²) in [5, 5.41) is 13.2. The summed E-state index contributed by atoms with van der Waals surface area (Å²) in [6.45, 7) is 8.58. The second-order valence-corrected chi connectivity index (χ2v) is 7.81. The van der Waals surface area contributed by atoms with Crippen molar-refractivity contribution < 1.29 is 14.7 Å². The Balaban J connectivity index is 1.64. The van der Waals surface area contributed by atoms with Gasteiger partial charge in [-0.1, -0.05) is 24.6 Å². The Morgan fingerprint density at radius 1 is 1.06 bits per heavy atom. The van der Waals surface area contributed by atoms with Gasteiger partial charge in [0, 0.05) is 42.8 Å². The van der Waals surface area contributed by atoms with Crippen LogP contribution in [-0.2, 0) is 0 Å². The number of pyridine rings is 1. The molecule has 0 radical (unpaired) electrons. The number of fused-ring (bicyclic) bond motifs is 1. The average Bonchev–Trinajstić information content (AvgIpc) is 2.78. The lowest BCUT2D eigenvalue weighted by Gasteiger charge is -2.35. The Morgan fingerprint density at radius 3 is 2.52 bits per heavy atom. The number of hydrogen-bond donors (Lipinski definition) is 2. The van der Waals surface area contributed by atoms with Gasteiger partial charge in [0.25, 0.3) is 5.91 Å². The first kappa shape index (κ1) is 20.8. The predicted molar refractivity (Wildman–Crippen MR) is 122 cm³/mol. The minimum Gasteiger partial charge on any atom is -0.478 e. The van der Waals surface area contributed by atoms with Crippen molar-refractivity contribution in [2.75, 3.05) is 42.9 Å².